The lowest BCUT2D eigenvalue weighted by molar-refractivity contribution is 0.0949. The second-order valence-electron chi connectivity index (χ2n) is 5.92. The maximum Gasteiger partial charge on any atom is 0.257 e. The number of hydrogen-bond donors (Lipinski definition) is 1. The molecule has 0 aliphatic carbocycles. The number of carbonyl (C=O) groups is 1. The molecule has 146 valence electrons. The van der Waals surface area contributed by atoms with Gasteiger partial charge in [-0.15, -0.1) is 0 Å². The third-order valence-electron chi connectivity index (χ3n) is 4.22. The third kappa shape index (κ3) is 3.80. The Hall–Kier alpha value is -3.06. The molecule has 1 aromatic heterocycles. The molecule has 0 unspecified atom stereocenters. The predicted octanol–water partition coefficient (Wildman–Crippen LogP) is 4.39. The highest BCUT2D eigenvalue weighted by atomic mass is 35.5. The number of ether oxygens (including phenoxy) is 2. The quantitative estimate of drug-likeness (QED) is 0.659. The summed E-state index contributed by atoms with van der Waals surface area (Å²) in [5.41, 5.74) is 0.948. The van der Waals surface area contributed by atoms with E-state index < -0.39 is 11.7 Å². The number of amides is 1. The van der Waals surface area contributed by atoms with Crippen LogP contribution in [0.2, 0.25) is 5.02 Å². The Labute approximate surface area is 166 Å². The Morgan fingerprint density at radius 1 is 1.25 bits per heavy atom. The molecule has 0 fully saturated rings. The van der Waals surface area contributed by atoms with E-state index in [0.29, 0.717) is 11.5 Å². The van der Waals surface area contributed by atoms with Crippen molar-refractivity contribution in [2.45, 2.75) is 13.5 Å². The van der Waals surface area contributed by atoms with Crippen molar-refractivity contribution in [2.75, 3.05) is 14.2 Å². The molecule has 0 saturated heterocycles. The molecule has 1 N–H and O–H groups in total. The summed E-state index contributed by atoms with van der Waals surface area (Å²) in [4.78, 5) is 12.8. The Bertz CT molecular complexity index is 999. The van der Waals surface area contributed by atoms with Crippen LogP contribution in [0, 0.1) is 12.7 Å². The highest BCUT2D eigenvalue weighted by Gasteiger charge is 2.25. The Balaban J connectivity index is 1.88. The summed E-state index contributed by atoms with van der Waals surface area (Å²) in [7, 11) is 3.09. The van der Waals surface area contributed by atoms with Gasteiger partial charge in [-0.25, -0.2) is 4.39 Å². The first-order valence-electron chi connectivity index (χ1n) is 8.36. The number of methoxy groups -OCH3 is 2. The van der Waals surface area contributed by atoms with Crippen LogP contribution in [0.4, 0.5) is 4.39 Å². The zero-order valence-corrected chi connectivity index (χ0v) is 16.3. The summed E-state index contributed by atoms with van der Waals surface area (Å²) in [6.45, 7) is 1.76. The lowest BCUT2D eigenvalue weighted by Crippen LogP contribution is -2.24. The van der Waals surface area contributed by atoms with Crippen LogP contribution in [0.1, 0.15) is 21.7 Å². The molecule has 3 aromatic rings. The van der Waals surface area contributed by atoms with Crippen LogP contribution in [0.5, 0.6) is 11.5 Å². The van der Waals surface area contributed by atoms with E-state index in [4.69, 9.17) is 25.6 Å². The molecule has 0 spiro atoms. The van der Waals surface area contributed by atoms with Crippen molar-refractivity contribution < 1.29 is 23.2 Å². The van der Waals surface area contributed by atoms with Crippen molar-refractivity contribution in [1.29, 1.82) is 0 Å². The highest BCUT2D eigenvalue weighted by Crippen LogP contribution is 2.33. The topological polar surface area (TPSA) is 73.6 Å². The largest absolute Gasteiger partial charge is 0.497 e. The minimum Gasteiger partial charge on any atom is -0.497 e. The molecule has 0 aliphatic rings. The Morgan fingerprint density at radius 2 is 2.04 bits per heavy atom. The fourth-order valence-electron chi connectivity index (χ4n) is 2.80. The smallest absolute Gasteiger partial charge is 0.257 e. The van der Waals surface area contributed by atoms with Crippen LogP contribution >= 0.6 is 11.6 Å². The number of benzene rings is 2. The minimum atomic E-state index is -0.591. The first-order valence-corrected chi connectivity index (χ1v) is 8.73. The molecular weight excluding hydrogens is 387 g/mol. The van der Waals surface area contributed by atoms with E-state index in [-0.39, 0.29) is 34.1 Å². The van der Waals surface area contributed by atoms with Gasteiger partial charge >= 0.3 is 0 Å². The van der Waals surface area contributed by atoms with Crippen molar-refractivity contribution in [1.82, 2.24) is 10.5 Å². The van der Waals surface area contributed by atoms with Crippen LogP contribution in [0.3, 0.4) is 0 Å². The molecule has 0 bridgehead atoms. The van der Waals surface area contributed by atoms with Crippen molar-refractivity contribution in [2.24, 2.45) is 0 Å². The summed E-state index contributed by atoms with van der Waals surface area (Å²) in [5.74, 6) is 0.406. The van der Waals surface area contributed by atoms with Gasteiger partial charge in [-0.05, 0) is 31.2 Å². The molecule has 2 aromatic carbocycles. The van der Waals surface area contributed by atoms with Crippen molar-refractivity contribution in [3.8, 4) is 22.8 Å². The number of halogens is 2. The van der Waals surface area contributed by atoms with Crippen molar-refractivity contribution in [3.05, 3.63) is 64.1 Å². The van der Waals surface area contributed by atoms with E-state index in [0.717, 1.165) is 5.56 Å². The number of hydrogen-bond acceptors (Lipinski definition) is 5. The summed E-state index contributed by atoms with van der Waals surface area (Å²) < 4.78 is 29.9. The maximum atomic E-state index is 14.3. The van der Waals surface area contributed by atoms with Gasteiger partial charge in [0.1, 0.15) is 34.3 Å². The van der Waals surface area contributed by atoms with Gasteiger partial charge in [-0.2, -0.15) is 0 Å². The SMILES string of the molecule is COc1ccc(CNC(=O)c2c(-c3c(F)cccc3Cl)noc2C)c(OC)c1. The second kappa shape index (κ2) is 8.31. The van der Waals surface area contributed by atoms with Crippen LogP contribution < -0.4 is 14.8 Å². The standard InChI is InChI=1S/C20H18ClFN2O4/c1-11-17(19(24-28-11)18-14(21)5-4-6-15(18)22)20(25)23-10-12-7-8-13(26-2)9-16(12)27-3/h4-9H,10H2,1-3H3,(H,23,25). The number of aromatic nitrogens is 1. The average molecular weight is 405 g/mol. The first-order chi connectivity index (χ1) is 13.5. The second-order valence-corrected chi connectivity index (χ2v) is 6.33. The molecule has 0 aliphatic heterocycles. The Kier molecular flexibility index (Phi) is 5.84. The molecule has 0 saturated carbocycles. The molecule has 0 atom stereocenters. The third-order valence-corrected chi connectivity index (χ3v) is 4.54. The van der Waals surface area contributed by atoms with Gasteiger partial charge in [0, 0.05) is 18.2 Å². The van der Waals surface area contributed by atoms with Gasteiger partial charge in [0.05, 0.1) is 24.8 Å². The monoisotopic (exact) mass is 404 g/mol. The highest BCUT2D eigenvalue weighted by molar-refractivity contribution is 6.33. The first kappa shape index (κ1) is 19.7. The van der Waals surface area contributed by atoms with E-state index in [1.807, 2.05) is 0 Å². The number of carbonyl (C=O) groups excluding carboxylic acids is 1. The summed E-state index contributed by atoms with van der Waals surface area (Å²) in [6.07, 6.45) is 0. The molecule has 6 nitrogen and oxygen atoms in total. The average Bonchev–Trinajstić information content (AvgIpc) is 3.07. The number of aryl methyl sites for hydroxylation is 1. The predicted molar refractivity (Wildman–Crippen MR) is 102 cm³/mol. The van der Waals surface area contributed by atoms with E-state index >= 15 is 0 Å². The van der Waals surface area contributed by atoms with Gasteiger partial charge in [0.15, 0.2) is 0 Å². The fourth-order valence-corrected chi connectivity index (χ4v) is 3.05. The van der Waals surface area contributed by atoms with Gasteiger partial charge in [-0.1, -0.05) is 22.8 Å². The van der Waals surface area contributed by atoms with Crippen LogP contribution in [0.25, 0.3) is 11.3 Å². The molecule has 1 amide bonds. The number of rotatable bonds is 6. The Morgan fingerprint density at radius 3 is 2.71 bits per heavy atom. The molecule has 0 radical (unpaired) electrons. The van der Waals surface area contributed by atoms with Gasteiger partial charge in [0.25, 0.3) is 5.91 Å². The van der Waals surface area contributed by atoms with Gasteiger partial charge in [-0.3, -0.25) is 4.79 Å². The number of nitrogens with one attached hydrogen (secondary N) is 1. The van der Waals surface area contributed by atoms with Crippen LogP contribution in [-0.2, 0) is 6.54 Å². The molecule has 8 heteroatoms. The van der Waals surface area contributed by atoms with E-state index in [1.54, 1.807) is 32.2 Å². The maximum absolute atomic E-state index is 14.3. The zero-order chi connectivity index (χ0) is 20.3. The summed E-state index contributed by atoms with van der Waals surface area (Å²) >= 11 is 6.11. The zero-order valence-electron chi connectivity index (χ0n) is 15.5. The fraction of sp³-hybridized carbons (Fsp3) is 0.200. The van der Waals surface area contributed by atoms with Gasteiger partial charge in [0.2, 0.25) is 0 Å². The lowest BCUT2D eigenvalue weighted by Gasteiger charge is -2.12. The normalized spacial score (nSPS) is 10.6. The molecule has 3 rings (SSSR count). The van der Waals surface area contributed by atoms with Crippen LogP contribution in [-0.4, -0.2) is 25.3 Å². The minimum absolute atomic E-state index is 0.0215. The summed E-state index contributed by atoms with van der Waals surface area (Å²) in [6, 6.07) is 9.51. The van der Waals surface area contributed by atoms with Gasteiger partial charge < -0.3 is 19.3 Å². The summed E-state index contributed by atoms with van der Waals surface area (Å²) in [5, 5.41) is 6.75. The van der Waals surface area contributed by atoms with Crippen molar-refractivity contribution in [3.63, 3.8) is 0 Å². The lowest BCUT2D eigenvalue weighted by atomic mass is 10.0. The van der Waals surface area contributed by atoms with Crippen LogP contribution in [0.15, 0.2) is 40.9 Å². The molecular formula is C20H18ClFN2O4. The van der Waals surface area contributed by atoms with E-state index in [2.05, 4.69) is 10.5 Å². The molecule has 1 heterocycles. The van der Waals surface area contributed by atoms with E-state index in [9.17, 15) is 9.18 Å². The molecule has 28 heavy (non-hydrogen) atoms. The van der Waals surface area contributed by atoms with Crippen molar-refractivity contribution >= 4 is 17.5 Å². The number of nitrogens with zero attached hydrogens (tertiary/aromatic N) is 1. The van der Waals surface area contributed by atoms with E-state index in [1.165, 1.54) is 25.3 Å².